The van der Waals surface area contributed by atoms with Crippen molar-refractivity contribution in [1.82, 2.24) is 10.3 Å². The number of hydrogen-bond donors (Lipinski definition) is 2. The second kappa shape index (κ2) is 8.35. The SMILES string of the molecule is CCOC(=O)C1=C(C)NC(SCC(N)=O)=C(C#N)[C@@H]1c1ccncc1. The summed E-state index contributed by atoms with van der Waals surface area (Å²) >= 11 is 1.14. The van der Waals surface area contributed by atoms with Crippen molar-refractivity contribution in [1.29, 1.82) is 5.26 Å². The van der Waals surface area contributed by atoms with E-state index in [9.17, 15) is 14.9 Å². The molecule has 1 aliphatic rings. The first-order valence-corrected chi connectivity index (χ1v) is 8.58. The Hall–Kier alpha value is -2.79. The van der Waals surface area contributed by atoms with Crippen LogP contribution in [0.4, 0.5) is 0 Å². The van der Waals surface area contributed by atoms with Crippen LogP contribution >= 0.6 is 11.8 Å². The third kappa shape index (κ3) is 4.19. The number of thioether (sulfide) groups is 1. The minimum absolute atomic E-state index is 0.0264. The summed E-state index contributed by atoms with van der Waals surface area (Å²) in [7, 11) is 0. The number of ether oxygens (including phenoxy) is 1. The van der Waals surface area contributed by atoms with Gasteiger partial charge in [0.25, 0.3) is 0 Å². The van der Waals surface area contributed by atoms with Gasteiger partial charge in [-0.3, -0.25) is 9.78 Å². The number of rotatable bonds is 6. The Kier molecular flexibility index (Phi) is 6.19. The van der Waals surface area contributed by atoms with E-state index in [2.05, 4.69) is 16.4 Å². The summed E-state index contributed by atoms with van der Waals surface area (Å²) in [5.41, 5.74) is 7.23. The molecule has 2 rings (SSSR count). The van der Waals surface area contributed by atoms with E-state index in [4.69, 9.17) is 10.5 Å². The van der Waals surface area contributed by atoms with Crippen molar-refractivity contribution in [2.24, 2.45) is 5.73 Å². The van der Waals surface area contributed by atoms with E-state index in [0.29, 0.717) is 21.9 Å². The first-order chi connectivity index (χ1) is 12.0. The van der Waals surface area contributed by atoms with Gasteiger partial charge in [-0.1, -0.05) is 11.8 Å². The highest BCUT2D eigenvalue weighted by Crippen LogP contribution is 2.40. The van der Waals surface area contributed by atoms with Crippen molar-refractivity contribution in [3.63, 3.8) is 0 Å². The quantitative estimate of drug-likeness (QED) is 0.741. The molecule has 2 heterocycles. The van der Waals surface area contributed by atoms with Crippen LogP contribution in [0, 0.1) is 11.3 Å². The van der Waals surface area contributed by atoms with Gasteiger partial charge in [-0.05, 0) is 31.5 Å². The maximum atomic E-state index is 12.5. The topological polar surface area (TPSA) is 118 Å². The molecule has 1 aliphatic heterocycles. The molecule has 1 atom stereocenters. The highest BCUT2D eigenvalue weighted by Gasteiger charge is 2.35. The Bertz CT molecular complexity index is 781. The molecule has 130 valence electrons. The van der Waals surface area contributed by atoms with Gasteiger partial charge in [0.1, 0.15) is 0 Å². The predicted molar refractivity (Wildman–Crippen MR) is 93.7 cm³/mol. The van der Waals surface area contributed by atoms with Crippen molar-refractivity contribution in [2.45, 2.75) is 19.8 Å². The van der Waals surface area contributed by atoms with Crippen LogP contribution in [0.25, 0.3) is 0 Å². The molecule has 0 spiro atoms. The summed E-state index contributed by atoms with van der Waals surface area (Å²) in [5.74, 6) is -1.54. The van der Waals surface area contributed by atoms with Crippen molar-refractivity contribution in [3.05, 3.63) is 52.0 Å². The zero-order chi connectivity index (χ0) is 18.4. The van der Waals surface area contributed by atoms with E-state index in [1.807, 2.05) is 0 Å². The van der Waals surface area contributed by atoms with Gasteiger partial charge >= 0.3 is 5.97 Å². The largest absolute Gasteiger partial charge is 0.463 e. The molecule has 0 fully saturated rings. The Morgan fingerprint density at radius 3 is 2.68 bits per heavy atom. The number of carbonyl (C=O) groups is 2. The van der Waals surface area contributed by atoms with Crippen LogP contribution in [-0.2, 0) is 14.3 Å². The number of hydrogen-bond acceptors (Lipinski definition) is 7. The molecule has 7 nitrogen and oxygen atoms in total. The average molecular weight is 358 g/mol. The number of primary amides is 1. The van der Waals surface area contributed by atoms with Gasteiger partial charge < -0.3 is 15.8 Å². The maximum Gasteiger partial charge on any atom is 0.336 e. The number of nitrogens with two attached hydrogens (primary N) is 1. The lowest BCUT2D eigenvalue weighted by Crippen LogP contribution is -2.29. The molecule has 8 heteroatoms. The highest BCUT2D eigenvalue weighted by atomic mass is 32.2. The fraction of sp³-hybridized carbons (Fsp3) is 0.294. The van der Waals surface area contributed by atoms with Crippen LogP contribution in [0.2, 0.25) is 0 Å². The highest BCUT2D eigenvalue weighted by molar-refractivity contribution is 8.03. The van der Waals surface area contributed by atoms with Crippen molar-refractivity contribution < 1.29 is 14.3 Å². The fourth-order valence-electron chi connectivity index (χ4n) is 2.54. The molecule has 0 aliphatic carbocycles. The number of nitrogens with one attached hydrogen (secondary N) is 1. The molecule has 0 bridgehead atoms. The van der Waals surface area contributed by atoms with Gasteiger partial charge in [0, 0.05) is 18.1 Å². The number of carbonyl (C=O) groups excluding carboxylic acids is 2. The summed E-state index contributed by atoms with van der Waals surface area (Å²) in [4.78, 5) is 27.6. The van der Waals surface area contributed by atoms with Gasteiger partial charge in [-0.2, -0.15) is 5.26 Å². The Labute approximate surface area is 149 Å². The molecule has 0 aromatic carbocycles. The maximum absolute atomic E-state index is 12.5. The number of amides is 1. The third-order valence-electron chi connectivity index (χ3n) is 3.54. The number of allylic oxidation sites excluding steroid dienone is 2. The molecule has 0 saturated carbocycles. The zero-order valence-electron chi connectivity index (χ0n) is 13.9. The van der Waals surface area contributed by atoms with Crippen LogP contribution < -0.4 is 11.1 Å². The number of aromatic nitrogens is 1. The molecule has 0 radical (unpaired) electrons. The van der Waals surface area contributed by atoms with E-state index in [1.54, 1.807) is 38.4 Å². The van der Waals surface area contributed by atoms with Crippen LogP contribution in [0.5, 0.6) is 0 Å². The van der Waals surface area contributed by atoms with E-state index < -0.39 is 17.8 Å². The number of dihydropyridines is 1. The van der Waals surface area contributed by atoms with Crippen molar-refractivity contribution in [2.75, 3.05) is 12.4 Å². The summed E-state index contributed by atoms with van der Waals surface area (Å²) in [5, 5.41) is 13.3. The lowest BCUT2D eigenvalue weighted by atomic mass is 9.83. The van der Waals surface area contributed by atoms with Crippen LogP contribution in [0.3, 0.4) is 0 Å². The summed E-state index contributed by atoms with van der Waals surface area (Å²) in [6, 6.07) is 5.65. The molecule has 1 aromatic rings. The molecule has 25 heavy (non-hydrogen) atoms. The Morgan fingerprint density at radius 2 is 2.12 bits per heavy atom. The first-order valence-electron chi connectivity index (χ1n) is 7.59. The first kappa shape index (κ1) is 18.5. The second-order valence-corrected chi connectivity index (χ2v) is 6.19. The van der Waals surface area contributed by atoms with Gasteiger partial charge in [-0.25, -0.2) is 4.79 Å². The lowest BCUT2D eigenvalue weighted by molar-refractivity contribution is -0.138. The normalized spacial score (nSPS) is 16.9. The van der Waals surface area contributed by atoms with E-state index in [1.165, 1.54) is 0 Å². The van der Waals surface area contributed by atoms with E-state index >= 15 is 0 Å². The second-order valence-electron chi connectivity index (χ2n) is 5.21. The van der Waals surface area contributed by atoms with Crippen molar-refractivity contribution in [3.8, 4) is 6.07 Å². The fourth-order valence-corrected chi connectivity index (χ4v) is 3.37. The smallest absolute Gasteiger partial charge is 0.336 e. The number of pyridine rings is 1. The molecule has 1 aromatic heterocycles. The molecule has 0 saturated heterocycles. The molecular formula is C17H18N4O3S. The minimum Gasteiger partial charge on any atom is -0.463 e. The molecular weight excluding hydrogens is 340 g/mol. The summed E-state index contributed by atoms with van der Waals surface area (Å²) in [6.45, 7) is 3.69. The van der Waals surface area contributed by atoms with Crippen LogP contribution in [-0.4, -0.2) is 29.2 Å². The van der Waals surface area contributed by atoms with E-state index in [0.717, 1.165) is 17.3 Å². The lowest BCUT2D eigenvalue weighted by Gasteiger charge is -2.29. The Balaban J connectivity index is 2.55. The standard InChI is InChI=1S/C17H18N4O3S/c1-3-24-17(23)14-10(2)21-16(25-9-13(19)22)12(8-18)15(14)11-4-6-20-7-5-11/h4-7,15,21H,3,9H2,1-2H3,(H2,19,22)/t15-/m0/s1. The predicted octanol–water partition coefficient (Wildman–Crippen LogP) is 1.56. The van der Waals surface area contributed by atoms with Crippen LogP contribution in [0.15, 0.2) is 46.4 Å². The minimum atomic E-state index is -0.594. The summed E-state index contributed by atoms with van der Waals surface area (Å²) < 4.78 is 5.16. The zero-order valence-corrected chi connectivity index (χ0v) is 14.7. The third-order valence-corrected chi connectivity index (χ3v) is 4.58. The summed E-state index contributed by atoms with van der Waals surface area (Å²) in [6.07, 6.45) is 3.20. The number of nitrogens with zero attached hydrogens (tertiary/aromatic N) is 2. The van der Waals surface area contributed by atoms with Gasteiger partial charge in [-0.15, -0.1) is 0 Å². The van der Waals surface area contributed by atoms with Crippen molar-refractivity contribution >= 4 is 23.6 Å². The van der Waals surface area contributed by atoms with Gasteiger partial charge in [0.15, 0.2) is 0 Å². The molecule has 3 N–H and O–H groups in total. The Morgan fingerprint density at radius 1 is 1.44 bits per heavy atom. The van der Waals surface area contributed by atoms with Gasteiger partial charge in [0.05, 0.1) is 40.5 Å². The monoisotopic (exact) mass is 358 g/mol. The average Bonchev–Trinajstić information content (AvgIpc) is 2.60. The molecule has 1 amide bonds. The van der Waals surface area contributed by atoms with E-state index in [-0.39, 0.29) is 12.4 Å². The number of nitriles is 1. The number of esters is 1. The van der Waals surface area contributed by atoms with Crippen LogP contribution in [0.1, 0.15) is 25.3 Å². The molecule has 0 unspecified atom stereocenters. The van der Waals surface area contributed by atoms with Gasteiger partial charge in [0.2, 0.25) is 5.91 Å².